The van der Waals surface area contributed by atoms with Crippen LogP contribution in [0.25, 0.3) is 0 Å². The molecule has 36 heavy (non-hydrogen) atoms. The highest BCUT2D eigenvalue weighted by atomic mass is 35.5. The third kappa shape index (κ3) is 7.52. The van der Waals surface area contributed by atoms with Gasteiger partial charge in [0.05, 0.1) is 23.4 Å². The number of nitrogens with one attached hydrogen (secondary N) is 1. The van der Waals surface area contributed by atoms with Crippen LogP contribution in [-0.4, -0.2) is 67.5 Å². The summed E-state index contributed by atoms with van der Waals surface area (Å²) < 4.78 is 66.9. The fourth-order valence-corrected chi connectivity index (χ4v) is 4.20. The SMILES string of the molecule is NC(CCO)Cc1ccc(C(=O)Nc2ccc(Cl)cc2N2CCN(CCC(F)(F)F)CC2)c(F)c1F. The molecule has 198 valence electrons. The Morgan fingerprint density at radius 2 is 1.81 bits per heavy atom. The minimum absolute atomic E-state index is 0.000533. The highest BCUT2D eigenvalue weighted by molar-refractivity contribution is 6.31. The maximum Gasteiger partial charge on any atom is 0.390 e. The zero-order valence-corrected chi connectivity index (χ0v) is 20.2. The second-order valence-electron chi connectivity index (χ2n) is 8.69. The Labute approximate surface area is 210 Å². The summed E-state index contributed by atoms with van der Waals surface area (Å²) in [5.74, 6) is -3.36. The van der Waals surface area contributed by atoms with E-state index in [2.05, 4.69) is 5.32 Å². The van der Waals surface area contributed by atoms with Crippen LogP contribution in [0.1, 0.15) is 28.8 Å². The van der Waals surface area contributed by atoms with Gasteiger partial charge < -0.3 is 21.1 Å². The summed E-state index contributed by atoms with van der Waals surface area (Å²) in [7, 11) is 0. The first-order chi connectivity index (χ1) is 17.0. The van der Waals surface area contributed by atoms with Gasteiger partial charge in [-0.3, -0.25) is 9.69 Å². The molecule has 3 rings (SSSR count). The number of benzene rings is 2. The van der Waals surface area contributed by atoms with Gasteiger partial charge in [0.15, 0.2) is 11.6 Å². The molecule has 0 spiro atoms. The molecule has 0 bridgehead atoms. The summed E-state index contributed by atoms with van der Waals surface area (Å²) in [4.78, 5) is 16.4. The van der Waals surface area contributed by atoms with Crippen molar-refractivity contribution in [2.24, 2.45) is 5.73 Å². The Hall–Kier alpha value is -2.47. The minimum Gasteiger partial charge on any atom is -0.396 e. The van der Waals surface area contributed by atoms with Gasteiger partial charge in [0.1, 0.15) is 0 Å². The molecular formula is C24H28ClF5N4O2. The molecule has 1 unspecified atom stereocenters. The molecule has 1 aliphatic heterocycles. The maximum absolute atomic E-state index is 14.7. The number of aliphatic hydroxyl groups is 1. The average molecular weight is 535 g/mol. The summed E-state index contributed by atoms with van der Waals surface area (Å²) >= 11 is 6.14. The number of nitrogens with two attached hydrogens (primary N) is 1. The molecular weight excluding hydrogens is 507 g/mol. The van der Waals surface area contributed by atoms with Gasteiger partial charge in [0.25, 0.3) is 5.91 Å². The number of carbonyl (C=O) groups excluding carboxylic acids is 1. The number of aliphatic hydroxyl groups excluding tert-OH is 1. The summed E-state index contributed by atoms with van der Waals surface area (Å²) in [5.41, 5.74) is 6.12. The van der Waals surface area contributed by atoms with Crippen molar-refractivity contribution in [2.75, 3.05) is 49.5 Å². The molecule has 0 radical (unpaired) electrons. The molecule has 0 aliphatic carbocycles. The van der Waals surface area contributed by atoms with Crippen molar-refractivity contribution in [3.05, 3.63) is 58.1 Å². The van der Waals surface area contributed by atoms with Gasteiger partial charge in [-0.2, -0.15) is 13.2 Å². The molecule has 6 nitrogen and oxygen atoms in total. The van der Waals surface area contributed by atoms with Gasteiger partial charge in [-0.15, -0.1) is 0 Å². The predicted octanol–water partition coefficient (Wildman–Crippen LogP) is 4.20. The number of amides is 1. The van der Waals surface area contributed by atoms with Crippen LogP contribution in [-0.2, 0) is 6.42 Å². The van der Waals surface area contributed by atoms with E-state index in [9.17, 15) is 26.7 Å². The van der Waals surface area contributed by atoms with Crippen LogP contribution in [0.2, 0.25) is 5.02 Å². The number of anilines is 2. The van der Waals surface area contributed by atoms with Crippen molar-refractivity contribution in [3.8, 4) is 0 Å². The topological polar surface area (TPSA) is 81.8 Å². The van der Waals surface area contributed by atoms with E-state index in [1.807, 2.05) is 4.90 Å². The molecule has 1 atom stereocenters. The van der Waals surface area contributed by atoms with Crippen LogP contribution in [0.5, 0.6) is 0 Å². The monoisotopic (exact) mass is 534 g/mol. The Kier molecular flexibility index (Phi) is 9.51. The zero-order chi connectivity index (χ0) is 26.5. The molecule has 1 fully saturated rings. The van der Waals surface area contributed by atoms with Crippen LogP contribution < -0.4 is 16.0 Å². The number of alkyl halides is 3. The number of rotatable bonds is 9. The number of hydrogen-bond donors (Lipinski definition) is 3. The van der Waals surface area contributed by atoms with Crippen LogP contribution in [0, 0.1) is 11.6 Å². The van der Waals surface area contributed by atoms with Gasteiger partial charge in [-0.25, -0.2) is 8.78 Å². The summed E-state index contributed by atoms with van der Waals surface area (Å²) in [6.07, 6.45) is -4.89. The van der Waals surface area contributed by atoms with Gasteiger partial charge >= 0.3 is 6.18 Å². The van der Waals surface area contributed by atoms with E-state index in [4.69, 9.17) is 22.4 Å². The van der Waals surface area contributed by atoms with Crippen LogP contribution in [0.15, 0.2) is 30.3 Å². The van der Waals surface area contributed by atoms with Crippen LogP contribution in [0.3, 0.4) is 0 Å². The summed E-state index contributed by atoms with van der Waals surface area (Å²) in [5, 5.41) is 11.9. The third-order valence-corrected chi connectivity index (χ3v) is 6.26. The number of halogens is 6. The largest absolute Gasteiger partial charge is 0.396 e. The molecule has 1 amide bonds. The smallest absolute Gasteiger partial charge is 0.390 e. The Morgan fingerprint density at radius 3 is 2.44 bits per heavy atom. The first kappa shape index (κ1) is 28.1. The highest BCUT2D eigenvalue weighted by Crippen LogP contribution is 2.31. The Balaban J connectivity index is 1.72. The lowest BCUT2D eigenvalue weighted by Crippen LogP contribution is -2.47. The normalized spacial score (nSPS) is 15.7. The molecule has 1 aliphatic rings. The Bertz CT molecular complexity index is 1060. The van der Waals surface area contributed by atoms with E-state index in [1.165, 1.54) is 24.3 Å². The molecule has 12 heteroatoms. The standard InChI is InChI=1S/C24H28ClF5N4O2/c25-16-2-4-19(20(14-16)34-10-8-33(9-11-34)7-6-24(28,29)30)32-23(36)18-3-1-15(21(26)22(18)27)13-17(31)5-12-35/h1-4,14,17,35H,5-13,31H2,(H,32,36). The lowest BCUT2D eigenvalue weighted by molar-refractivity contribution is -0.138. The van der Waals surface area contributed by atoms with Crippen molar-refractivity contribution in [1.82, 2.24) is 4.90 Å². The van der Waals surface area contributed by atoms with Gasteiger partial charge in [-0.05, 0) is 42.7 Å². The average Bonchev–Trinajstić information content (AvgIpc) is 2.82. The maximum atomic E-state index is 14.7. The number of nitrogens with zero attached hydrogens (tertiary/aromatic N) is 2. The third-order valence-electron chi connectivity index (χ3n) is 6.02. The Morgan fingerprint density at radius 1 is 1.11 bits per heavy atom. The first-order valence-electron chi connectivity index (χ1n) is 11.5. The van der Waals surface area contributed by atoms with Crippen molar-refractivity contribution >= 4 is 28.9 Å². The van der Waals surface area contributed by atoms with E-state index in [0.717, 1.165) is 0 Å². The molecule has 1 saturated heterocycles. The predicted molar refractivity (Wildman–Crippen MR) is 128 cm³/mol. The fraction of sp³-hybridized carbons (Fsp3) is 0.458. The molecule has 0 aromatic heterocycles. The van der Waals surface area contributed by atoms with Crippen molar-refractivity contribution < 1.29 is 31.9 Å². The number of piperazine rings is 1. The first-order valence-corrected chi connectivity index (χ1v) is 11.8. The minimum atomic E-state index is -4.22. The molecule has 0 saturated carbocycles. The van der Waals surface area contributed by atoms with Crippen LogP contribution >= 0.6 is 11.6 Å². The lowest BCUT2D eigenvalue weighted by Gasteiger charge is -2.37. The zero-order valence-electron chi connectivity index (χ0n) is 19.4. The second kappa shape index (κ2) is 12.2. The molecule has 4 N–H and O–H groups in total. The van der Waals surface area contributed by atoms with E-state index >= 15 is 0 Å². The summed E-state index contributed by atoms with van der Waals surface area (Å²) in [6, 6.07) is 6.56. The number of carbonyl (C=O) groups is 1. The fourth-order valence-electron chi connectivity index (χ4n) is 4.03. The van der Waals surface area contributed by atoms with Crippen molar-refractivity contribution in [2.45, 2.75) is 31.5 Å². The second-order valence-corrected chi connectivity index (χ2v) is 9.12. The molecule has 1 heterocycles. The van der Waals surface area contributed by atoms with Crippen molar-refractivity contribution in [1.29, 1.82) is 0 Å². The summed E-state index contributed by atoms with van der Waals surface area (Å²) in [6.45, 7) is 1.28. The number of hydrogen-bond acceptors (Lipinski definition) is 5. The van der Waals surface area contributed by atoms with E-state index < -0.39 is 41.7 Å². The van der Waals surface area contributed by atoms with E-state index in [-0.39, 0.29) is 31.6 Å². The van der Waals surface area contributed by atoms with Gasteiger partial charge in [0, 0.05) is 50.4 Å². The van der Waals surface area contributed by atoms with Gasteiger partial charge in [-0.1, -0.05) is 17.7 Å². The van der Waals surface area contributed by atoms with E-state index in [0.29, 0.717) is 42.6 Å². The quantitative estimate of drug-likeness (QED) is 0.420. The highest BCUT2D eigenvalue weighted by Gasteiger charge is 2.29. The van der Waals surface area contributed by atoms with Crippen molar-refractivity contribution in [3.63, 3.8) is 0 Å². The molecule has 2 aromatic carbocycles. The van der Waals surface area contributed by atoms with Gasteiger partial charge in [0.2, 0.25) is 0 Å². The van der Waals surface area contributed by atoms with Crippen LogP contribution in [0.4, 0.5) is 33.3 Å². The molecule has 2 aromatic rings. The van der Waals surface area contributed by atoms with E-state index in [1.54, 1.807) is 11.0 Å². The lowest BCUT2D eigenvalue weighted by atomic mass is 10.0.